The molecule has 5 rings (SSSR count). The van der Waals surface area contributed by atoms with Gasteiger partial charge in [-0.15, -0.1) is 0 Å². The van der Waals surface area contributed by atoms with Gasteiger partial charge in [-0.1, -0.05) is 16.9 Å². The number of fused-ring (bicyclic) bond motifs is 2. The average Bonchev–Trinajstić information content (AvgIpc) is 3.44. The van der Waals surface area contributed by atoms with Gasteiger partial charge in [-0.2, -0.15) is 4.98 Å². The fourth-order valence-electron chi connectivity index (χ4n) is 3.19. The van der Waals surface area contributed by atoms with Gasteiger partial charge in [-0.3, -0.25) is 9.36 Å². The topological polar surface area (TPSA) is 102 Å². The van der Waals surface area contributed by atoms with E-state index in [2.05, 4.69) is 15.1 Å². The van der Waals surface area contributed by atoms with Crippen molar-refractivity contribution in [2.24, 2.45) is 7.05 Å². The lowest BCUT2D eigenvalue weighted by Crippen LogP contribution is -2.20. The second-order valence-electron chi connectivity index (χ2n) is 6.74. The van der Waals surface area contributed by atoms with E-state index in [9.17, 15) is 4.79 Å². The van der Waals surface area contributed by atoms with Crippen LogP contribution in [0.25, 0.3) is 22.3 Å². The second kappa shape index (κ2) is 7.95. The van der Waals surface area contributed by atoms with E-state index < -0.39 is 0 Å². The Morgan fingerprint density at radius 3 is 2.68 bits per heavy atom. The first-order valence-electron chi connectivity index (χ1n) is 9.61. The van der Waals surface area contributed by atoms with Crippen LogP contribution in [0.2, 0.25) is 0 Å². The standard InChI is InChI=1S/C21H18N4O5S/c1-3-27-13-6-4-12(5-7-13)19-23-18(30-24-19)10-31-21-22-15-9-17-16(28-11-29-17)8-14(15)20(26)25(21)2/h4-9H,3,10-11H2,1-2H3. The number of rotatable bonds is 6. The highest BCUT2D eigenvalue weighted by Crippen LogP contribution is 2.35. The van der Waals surface area contributed by atoms with E-state index in [-0.39, 0.29) is 12.4 Å². The number of hydrogen-bond acceptors (Lipinski definition) is 9. The molecule has 1 aliphatic heterocycles. The summed E-state index contributed by atoms with van der Waals surface area (Å²) < 4.78 is 23.1. The minimum absolute atomic E-state index is 0.140. The normalized spacial score (nSPS) is 12.5. The van der Waals surface area contributed by atoms with Gasteiger partial charge in [0, 0.05) is 18.7 Å². The minimum Gasteiger partial charge on any atom is -0.494 e. The van der Waals surface area contributed by atoms with E-state index in [0.29, 0.717) is 51.6 Å². The van der Waals surface area contributed by atoms with Gasteiger partial charge in [0.1, 0.15) is 5.75 Å². The Labute approximate surface area is 181 Å². The summed E-state index contributed by atoms with van der Waals surface area (Å²) in [4.78, 5) is 21.8. The molecule has 0 saturated carbocycles. The van der Waals surface area contributed by atoms with Gasteiger partial charge in [0.15, 0.2) is 16.7 Å². The summed E-state index contributed by atoms with van der Waals surface area (Å²) in [5.74, 6) is 3.23. The number of nitrogens with zero attached hydrogens (tertiary/aromatic N) is 4. The molecule has 4 aromatic rings. The molecule has 0 N–H and O–H groups in total. The van der Waals surface area contributed by atoms with Gasteiger partial charge in [-0.25, -0.2) is 4.98 Å². The molecule has 31 heavy (non-hydrogen) atoms. The number of hydrogen-bond donors (Lipinski definition) is 0. The molecule has 158 valence electrons. The summed E-state index contributed by atoms with van der Waals surface area (Å²) in [6, 6.07) is 10.9. The molecule has 0 aliphatic carbocycles. The first kappa shape index (κ1) is 19.4. The van der Waals surface area contributed by atoms with E-state index >= 15 is 0 Å². The lowest BCUT2D eigenvalue weighted by atomic mass is 10.2. The summed E-state index contributed by atoms with van der Waals surface area (Å²) in [5, 5.41) is 5.06. The quantitative estimate of drug-likeness (QED) is 0.331. The minimum atomic E-state index is -0.161. The van der Waals surface area contributed by atoms with Crippen molar-refractivity contribution < 1.29 is 18.7 Å². The first-order chi connectivity index (χ1) is 15.1. The molecule has 9 nitrogen and oxygen atoms in total. The van der Waals surface area contributed by atoms with Crippen molar-refractivity contribution in [3.05, 3.63) is 52.6 Å². The predicted octanol–water partition coefficient (Wildman–Crippen LogP) is 3.40. The van der Waals surface area contributed by atoms with E-state index in [1.807, 2.05) is 31.2 Å². The molecule has 2 aromatic carbocycles. The molecular formula is C21H18N4O5S. The van der Waals surface area contributed by atoms with Crippen molar-refractivity contribution in [3.63, 3.8) is 0 Å². The van der Waals surface area contributed by atoms with E-state index in [1.165, 1.54) is 16.3 Å². The van der Waals surface area contributed by atoms with E-state index in [0.717, 1.165) is 11.3 Å². The Bertz CT molecular complexity index is 1320. The van der Waals surface area contributed by atoms with Crippen molar-refractivity contribution >= 4 is 22.7 Å². The van der Waals surface area contributed by atoms with Crippen LogP contribution in [0.15, 0.2) is 50.9 Å². The second-order valence-corrected chi connectivity index (χ2v) is 7.68. The summed E-state index contributed by atoms with van der Waals surface area (Å²) in [6.45, 7) is 2.69. The van der Waals surface area contributed by atoms with Crippen LogP contribution < -0.4 is 19.8 Å². The van der Waals surface area contributed by atoms with Crippen molar-refractivity contribution in [1.82, 2.24) is 19.7 Å². The summed E-state index contributed by atoms with van der Waals surface area (Å²) in [6.07, 6.45) is 0. The highest BCUT2D eigenvalue weighted by Gasteiger charge is 2.19. The highest BCUT2D eigenvalue weighted by molar-refractivity contribution is 7.98. The van der Waals surface area contributed by atoms with Crippen LogP contribution in [-0.4, -0.2) is 33.1 Å². The molecule has 0 unspecified atom stereocenters. The van der Waals surface area contributed by atoms with Crippen LogP contribution in [0.5, 0.6) is 17.2 Å². The van der Waals surface area contributed by atoms with Crippen LogP contribution in [0.4, 0.5) is 0 Å². The zero-order valence-electron chi connectivity index (χ0n) is 16.8. The van der Waals surface area contributed by atoms with E-state index in [4.69, 9.17) is 18.7 Å². The summed E-state index contributed by atoms with van der Waals surface area (Å²) >= 11 is 1.34. The monoisotopic (exact) mass is 438 g/mol. The molecule has 0 amide bonds. The predicted molar refractivity (Wildman–Crippen MR) is 114 cm³/mol. The molecule has 0 fully saturated rings. The maximum Gasteiger partial charge on any atom is 0.261 e. The van der Waals surface area contributed by atoms with Crippen molar-refractivity contribution in [2.45, 2.75) is 17.8 Å². The molecule has 1 aliphatic rings. The van der Waals surface area contributed by atoms with Gasteiger partial charge in [0.2, 0.25) is 18.5 Å². The molecule has 0 saturated heterocycles. The van der Waals surface area contributed by atoms with E-state index in [1.54, 1.807) is 19.2 Å². The highest BCUT2D eigenvalue weighted by atomic mass is 32.2. The van der Waals surface area contributed by atoms with Crippen LogP contribution in [-0.2, 0) is 12.8 Å². The molecule has 0 atom stereocenters. The number of aromatic nitrogens is 4. The van der Waals surface area contributed by atoms with Gasteiger partial charge < -0.3 is 18.7 Å². The van der Waals surface area contributed by atoms with Crippen LogP contribution >= 0.6 is 11.8 Å². The van der Waals surface area contributed by atoms with Crippen LogP contribution in [0, 0.1) is 0 Å². The lowest BCUT2D eigenvalue weighted by molar-refractivity contribution is 0.174. The third-order valence-electron chi connectivity index (χ3n) is 4.75. The SMILES string of the molecule is CCOc1ccc(-c2noc(CSc3nc4cc5c(cc4c(=O)n3C)OCO5)n2)cc1. The van der Waals surface area contributed by atoms with Crippen molar-refractivity contribution in [1.29, 1.82) is 0 Å². The molecule has 2 aromatic heterocycles. The maximum absolute atomic E-state index is 12.8. The van der Waals surface area contributed by atoms with Crippen LogP contribution in [0.3, 0.4) is 0 Å². The molecule has 0 radical (unpaired) electrons. The van der Waals surface area contributed by atoms with Gasteiger partial charge in [-0.05, 0) is 37.3 Å². The number of thioether (sulfide) groups is 1. The number of ether oxygens (including phenoxy) is 3. The maximum atomic E-state index is 12.8. The summed E-state index contributed by atoms with van der Waals surface area (Å²) in [5.41, 5.74) is 1.22. The molecular weight excluding hydrogens is 420 g/mol. The average molecular weight is 438 g/mol. The molecule has 0 spiro atoms. The molecule has 3 heterocycles. The van der Waals surface area contributed by atoms with Crippen molar-refractivity contribution in [2.75, 3.05) is 13.4 Å². The zero-order valence-corrected chi connectivity index (χ0v) is 17.6. The van der Waals surface area contributed by atoms with Crippen molar-refractivity contribution in [3.8, 4) is 28.6 Å². The fraction of sp³-hybridized carbons (Fsp3) is 0.238. The Morgan fingerprint density at radius 1 is 1.13 bits per heavy atom. The van der Waals surface area contributed by atoms with Gasteiger partial charge in [0.25, 0.3) is 5.56 Å². The Morgan fingerprint density at radius 2 is 1.90 bits per heavy atom. The third-order valence-corrected chi connectivity index (χ3v) is 5.76. The summed E-state index contributed by atoms with van der Waals surface area (Å²) in [7, 11) is 1.68. The Balaban J connectivity index is 1.36. The van der Waals surface area contributed by atoms with Crippen LogP contribution in [0.1, 0.15) is 12.8 Å². The molecule has 10 heteroatoms. The number of benzene rings is 2. The lowest BCUT2D eigenvalue weighted by Gasteiger charge is -2.08. The Hall–Kier alpha value is -3.53. The molecule has 0 bridgehead atoms. The first-order valence-corrected chi connectivity index (χ1v) is 10.6. The Kier molecular flexibility index (Phi) is 4.99. The largest absolute Gasteiger partial charge is 0.494 e. The smallest absolute Gasteiger partial charge is 0.261 e. The van der Waals surface area contributed by atoms with Gasteiger partial charge in [0.05, 0.1) is 23.3 Å². The fourth-order valence-corrected chi connectivity index (χ4v) is 4.00. The third kappa shape index (κ3) is 3.70. The zero-order chi connectivity index (χ0) is 21.4. The van der Waals surface area contributed by atoms with Gasteiger partial charge >= 0.3 is 0 Å².